The van der Waals surface area contributed by atoms with Gasteiger partial charge in [0, 0.05) is 0 Å². The monoisotopic (exact) mass is 273 g/mol. The van der Waals surface area contributed by atoms with Crippen LogP contribution in [0, 0.1) is 6.92 Å². The zero-order valence-corrected chi connectivity index (χ0v) is 11.0. The van der Waals surface area contributed by atoms with Gasteiger partial charge in [-0.1, -0.05) is 29.8 Å². The van der Waals surface area contributed by atoms with Gasteiger partial charge in [-0.3, -0.25) is 0 Å². The second kappa shape index (κ2) is 4.48. The molecule has 0 fully saturated rings. The summed E-state index contributed by atoms with van der Waals surface area (Å²) in [6.45, 7) is 1.96. The first-order valence-electron chi connectivity index (χ1n) is 5.82. The Morgan fingerprint density at radius 3 is 2.74 bits per heavy atom. The summed E-state index contributed by atoms with van der Waals surface area (Å²) in [5, 5.41) is 3.71. The Bertz CT molecular complexity index is 731. The van der Waals surface area contributed by atoms with Gasteiger partial charge in [-0.15, -0.1) is 0 Å². The molecule has 0 saturated carbocycles. The smallest absolute Gasteiger partial charge is 0.300 e. The van der Waals surface area contributed by atoms with E-state index in [-0.39, 0.29) is 0 Å². The molecule has 1 aromatic heterocycles. The van der Waals surface area contributed by atoms with Crippen LogP contribution in [0.1, 0.15) is 5.56 Å². The number of aryl methyl sites for hydroxylation is 1. The number of nitrogen functional groups attached to an aromatic ring is 1. The third-order valence-electron chi connectivity index (χ3n) is 2.90. The summed E-state index contributed by atoms with van der Waals surface area (Å²) in [7, 11) is 0. The molecule has 0 atom stereocenters. The highest BCUT2D eigenvalue weighted by Gasteiger charge is 2.10. The molecule has 0 unspecified atom stereocenters. The molecule has 96 valence electrons. The Morgan fingerprint density at radius 2 is 2.00 bits per heavy atom. The van der Waals surface area contributed by atoms with E-state index in [9.17, 15) is 0 Å². The van der Waals surface area contributed by atoms with Crippen molar-refractivity contribution in [3.05, 3.63) is 47.0 Å². The van der Waals surface area contributed by atoms with Gasteiger partial charge >= 0.3 is 0 Å². The van der Waals surface area contributed by atoms with Crippen LogP contribution < -0.4 is 11.1 Å². The number of nitrogens with zero attached hydrogens (tertiary/aromatic N) is 1. The van der Waals surface area contributed by atoms with Crippen molar-refractivity contribution in [2.24, 2.45) is 0 Å². The Hall–Kier alpha value is -2.20. The van der Waals surface area contributed by atoms with E-state index in [2.05, 4.69) is 10.3 Å². The summed E-state index contributed by atoms with van der Waals surface area (Å²) < 4.78 is 5.60. The van der Waals surface area contributed by atoms with Gasteiger partial charge in [-0.25, -0.2) is 0 Å². The summed E-state index contributed by atoms with van der Waals surface area (Å²) in [6.07, 6.45) is 0. The van der Waals surface area contributed by atoms with Gasteiger partial charge in [-0.05, 0) is 30.7 Å². The summed E-state index contributed by atoms with van der Waals surface area (Å²) >= 11 is 6.15. The Labute approximate surface area is 115 Å². The molecule has 0 aliphatic rings. The Balaban J connectivity index is 2.04. The van der Waals surface area contributed by atoms with Crippen LogP contribution in [0.25, 0.3) is 11.1 Å². The lowest BCUT2D eigenvalue weighted by molar-refractivity contribution is 0.623. The number of aromatic nitrogens is 1. The number of benzene rings is 2. The molecular formula is C14H12ClN3O. The number of nitrogens with one attached hydrogen (secondary N) is 1. The minimum absolute atomic E-state index is 0.379. The molecule has 0 amide bonds. The number of rotatable bonds is 2. The number of hydrogen-bond donors (Lipinski definition) is 2. The Kier molecular flexibility index (Phi) is 2.80. The van der Waals surface area contributed by atoms with Gasteiger partial charge in [0.05, 0.1) is 16.4 Å². The second-order valence-corrected chi connectivity index (χ2v) is 4.68. The molecule has 0 radical (unpaired) electrons. The largest absolute Gasteiger partial charge is 0.423 e. The summed E-state index contributed by atoms with van der Waals surface area (Å²) in [5.41, 5.74) is 9.53. The van der Waals surface area contributed by atoms with Gasteiger partial charge < -0.3 is 15.5 Å². The van der Waals surface area contributed by atoms with E-state index in [1.165, 1.54) is 0 Å². The van der Waals surface area contributed by atoms with E-state index in [0.717, 1.165) is 11.3 Å². The topological polar surface area (TPSA) is 64.1 Å². The van der Waals surface area contributed by atoms with Gasteiger partial charge in [0.25, 0.3) is 6.01 Å². The number of oxazole rings is 1. The standard InChI is InChI=1S/C14H12ClN3O/c1-8-4-2-5-9(15)12(8)17-14-18-13-10(16)6-3-7-11(13)19-14/h2-7H,16H2,1H3,(H,17,18). The number of hydrogen-bond acceptors (Lipinski definition) is 4. The van der Waals surface area contributed by atoms with Crippen LogP contribution in [-0.2, 0) is 0 Å². The molecular weight excluding hydrogens is 262 g/mol. The fourth-order valence-electron chi connectivity index (χ4n) is 1.92. The van der Waals surface area contributed by atoms with Crippen molar-refractivity contribution >= 4 is 40.1 Å². The molecule has 0 saturated heterocycles. The van der Waals surface area contributed by atoms with Gasteiger partial charge in [0.15, 0.2) is 5.58 Å². The van der Waals surface area contributed by atoms with Crippen LogP contribution in [0.2, 0.25) is 5.02 Å². The number of fused-ring (bicyclic) bond motifs is 1. The molecule has 1 heterocycles. The predicted molar refractivity (Wildman–Crippen MR) is 77.9 cm³/mol. The third kappa shape index (κ3) is 2.11. The van der Waals surface area contributed by atoms with Gasteiger partial charge in [-0.2, -0.15) is 4.98 Å². The van der Waals surface area contributed by atoms with E-state index in [4.69, 9.17) is 21.8 Å². The molecule has 0 spiro atoms. The normalized spacial score (nSPS) is 10.8. The lowest BCUT2D eigenvalue weighted by Gasteiger charge is -2.07. The van der Waals surface area contributed by atoms with Crippen LogP contribution in [0.4, 0.5) is 17.4 Å². The number of halogens is 1. The first-order chi connectivity index (χ1) is 9.15. The summed E-state index contributed by atoms with van der Waals surface area (Å²) in [4.78, 5) is 4.33. The maximum atomic E-state index is 6.15. The number of para-hydroxylation sites is 2. The average molecular weight is 274 g/mol. The highest BCUT2D eigenvalue weighted by molar-refractivity contribution is 6.33. The molecule has 4 nitrogen and oxygen atoms in total. The fourth-order valence-corrected chi connectivity index (χ4v) is 2.19. The first-order valence-corrected chi connectivity index (χ1v) is 6.20. The third-order valence-corrected chi connectivity index (χ3v) is 3.22. The average Bonchev–Trinajstić information content (AvgIpc) is 2.78. The SMILES string of the molecule is Cc1cccc(Cl)c1Nc1nc2c(N)cccc2o1. The molecule has 0 aliphatic carbocycles. The van der Waals surface area contributed by atoms with Crippen LogP contribution in [0.5, 0.6) is 0 Å². The molecule has 0 aliphatic heterocycles. The summed E-state index contributed by atoms with van der Waals surface area (Å²) in [5.74, 6) is 0. The Morgan fingerprint density at radius 1 is 1.21 bits per heavy atom. The fraction of sp³-hybridized carbons (Fsp3) is 0.0714. The second-order valence-electron chi connectivity index (χ2n) is 4.27. The van der Waals surface area contributed by atoms with Crippen molar-refractivity contribution in [2.75, 3.05) is 11.1 Å². The van der Waals surface area contributed by atoms with Crippen molar-refractivity contribution < 1.29 is 4.42 Å². The van der Waals surface area contributed by atoms with Crippen molar-refractivity contribution in [2.45, 2.75) is 6.92 Å². The minimum atomic E-state index is 0.379. The molecule has 5 heteroatoms. The highest BCUT2D eigenvalue weighted by Crippen LogP contribution is 2.30. The quantitative estimate of drug-likeness (QED) is 0.690. The van der Waals surface area contributed by atoms with Crippen LogP contribution in [-0.4, -0.2) is 4.98 Å². The van der Waals surface area contributed by atoms with E-state index in [1.54, 1.807) is 6.07 Å². The molecule has 3 aromatic rings. The number of nitrogens with two attached hydrogens (primary N) is 1. The van der Waals surface area contributed by atoms with Gasteiger partial charge in [0.2, 0.25) is 0 Å². The molecule has 3 rings (SSSR count). The van der Waals surface area contributed by atoms with E-state index < -0.39 is 0 Å². The minimum Gasteiger partial charge on any atom is -0.423 e. The van der Waals surface area contributed by atoms with E-state index in [0.29, 0.717) is 27.8 Å². The number of anilines is 3. The van der Waals surface area contributed by atoms with Crippen molar-refractivity contribution in [3.8, 4) is 0 Å². The maximum Gasteiger partial charge on any atom is 0.300 e. The zero-order valence-electron chi connectivity index (χ0n) is 10.3. The van der Waals surface area contributed by atoms with Crippen molar-refractivity contribution in [1.29, 1.82) is 0 Å². The molecule has 19 heavy (non-hydrogen) atoms. The zero-order chi connectivity index (χ0) is 13.4. The lowest BCUT2D eigenvalue weighted by Crippen LogP contribution is -1.94. The van der Waals surface area contributed by atoms with E-state index >= 15 is 0 Å². The summed E-state index contributed by atoms with van der Waals surface area (Å²) in [6, 6.07) is 11.5. The van der Waals surface area contributed by atoms with Crippen LogP contribution in [0.3, 0.4) is 0 Å². The molecule has 2 aromatic carbocycles. The lowest BCUT2D eigenvalue weighted by atomic mass is 10.2. The van der Waals surface area contributed by atoms with Crippen molar-refractivity contribution in [1.82, 2.24) is 4.98 Å². The first kappa shape index (κ1) is 11.9. The molecule has 0 bridgehead atoms. The van der Waals surface area contributed by atoms with Crippen molar-refractivity contribution in [3.63, 3.8) is 0 Å². The van der Waals surface area contributed by atoms with E-state index in [1.807, 2.05) is 37.3 Å². The predicted octanol–water partition coefficient (Wildman–Crippen LogP) is 4.12. The molecule has 3 N–H and O–H groups in total. The maximum absolute atomic E-state index is 6.15. The van der Waals surface area contributed by atoms with Crippen LogP contribution in [0.15, 0.2) is 40.8 Å². The van der Waals surface area contributed by atoms with Gasteiger partial charge in [0.1, 0.15) is 5.52 Å². The van der Waals surface area contributed by atoms with Crippen LogP contribution >= 0.6 is 11.6 Å². The highest BCUT2D eigenvalue weighted by atomic mass is 35.5.